The summed E-state index contributed by atoms with van der Waals surface area (Å²) in [5.41, 5.74) is -0.480. The number of allylic oxidation sites excluding steroid dienone is 2. The van der Waals surface area contributed by atoms with E-state index in [-0.39, 0.29) is 52.4 Å². The zero-order chi connectivity index (χ0) is 46.7. The van der Waals surface area contributed by atoms with Crippen LogP contribution >= 0.6 is 0 Å². The topological polar surface area (TPSA) is 264 Å². The van der Waals surface area contributed by atoms with Crippen molar-refractivity contribution in [3.05, 3.63) is 12.2 Å². The molecule has 0 bridgehead atoms. The lowest BCUT2D eigenvalue weighted by Crippen LogP contribution is -2.64. The number of hydrogen-bond acceptors (Lipinski definition) is 17. The maximum Gasteiger partial charge on any atom is 0.303 e. The molecule has 64 heavy (non-hydrogen) atoms. The highest BCUT2D eigenvalue weighted by Crippen LogP contribution is 2.69. The molecular formula is C47H78O17. The third kappa shape index (κ3) is 9.37. The summed E-state index contributed by atoms with van der Waals surface area (Å²) in [5, 5.41) is 96.2. The molecule has 4 saturated carbocycles. The van der Waals surface area contributed by atoms with Gasteiger partial charge in [0.05, 0.1) is 24.9 Å². The van der Waals surface area contributed by atoms with Crippen LogP contribution in [0, 0.1) is 52.3 Å². The highest BCUT2D eigenvalue weighted by atomic mass is 16.8. The maximum absolute atomic E-state index is 13.0. The molecule has 0 spiro atoms. The molecule has 7 aliphatic rings. The Morgan fingerprint density at radius 3 is 1.86 bits per heavy atom. The summed E-state index contributed by atoms with van der Waals surface area (Å²) in [7, 11) is 0. The van der Waals surface area contributed by atoms with Crippen molar-refractivity contribution in [3.8, 4) is 0 Å². The first-order chi connectivity index (χ1) is 30.1. The van der Waals surface area contributed by atoms with Crippen LogP contribution in [-0.4, -0.2) is 169 Å². The van der Waals surface area contributed by atoms with Gasteiger partial charge < -0.3 is 79.1 Å². The lowest BCUT2D eigenvalue weighted by molar-refractivity contribution is -0.371. The summed E-state index contributed by atoms with van der Waals surface area (Å²) < 4.78 is 43.5. The van der Waals surface area contributed by atoms with Crippen LogP contribution in [0.5, 0.6) is 0 Å². The van der Waals surface area contributed by atoms with Gasteiger partial charge in [-0.2, -0.15) is 0 Å². The highest BCUT2D eigenvalue weighted by Gasteiger charge is 2.69. The molecule has 0 amide bonds. The number of aliphatic hydroxyl groups is 9. The molecule has 0 aromatic heterocycles. The van der Waals surface area contributed by atoms with Crippen LogP contribution in [0.25, 0.3) is 0 Å². The van der Waals surface area contributed by atoms with Gasteiger partial charge in [-0.25, -0.2) is 0 Å². The second kappa shape index (κ2) is 19.9. The van der Waals surface area contributed by atoms with E-state index >= 15 is 0 Å². The zero-order valence-corrected chi connectivity index (χ0v) is 38.7. The number of esters is 1. The molecule has 0 aromatic carbocycles. The summed E-state index contributed by atoms with van der Waals surface area (Å²) >= 11 is 0. The van der Waals surface area contributed by atoms with E-state index in [0.717, 1.165) is 38.5 Å². The molecule has 0 unspecified atom stereocenters. The van der Waals surface area contributed by atoms with Gasteiger partial charge in [0.2, 0.25) is 0 Å². The Balaban J connectivity index is 1.14. The largest absolute Gasteiger partial charge is 0.459 e. The lowest BCUT2D eigenvalue weighted by Gasteiger charge is -2.61. The minimum absolute atomic E-state index is 0.0108. The van der Waals surface area contributed by atoms with E-state index in [1.807, 2.05) is 0 Å². The van der Waals surface area contributed by atoms with Gasteiger partial charge in [-0.1, -0.05) is 46.8 Å². The molecular weight excluding hydrogens is 836 g/mol. The molecule has 3 saturated heterocycles. The Morgan fingerprint density at radius 2 is 1.28 bits per heavy atom. The predicted octanol–water partition coefficient (Wildman–Crippen LogP) is 1.28. The SMILES string of the molecule is CC(=O)O[C@H]1[C@@H](O[C@@H]2O[C@@H](C)[C@H](O)[C@@H](O)[C@H]2O)[C@H]2[C@@H]3CC[C@H]4C[C@@H](O[C@H]5O[C@@H](CO)[C@H](O)[C@@H](O)[C@@H]5O[C@@H]5O[C@@H](C)[C@H](O)[C@@H](O)[C@H]5O)CC[C@]4(C)[C@H]3CC[C@]2(C)[C@H]1[C@H](C)/C=C/CC(C)C. The van der Waals surface area contributed by atoms with Crippen molar-refractivity contribution in [2.75, 3.05) is 6.61 Å². The van der Waals surface area contributed by atoms with Gasteiger partial charge in [-0.05, 0) is 112 Å². The number of aliphatic hydroxyl groups excluding tert-OH is 9. The van der Waals surface area contributed by atoms with Gasteiger partial charge in [-0.3, -0.25) is 4.79 Å². The quantitative estimate of drug-likeness (QED) is 0.0759. The molecule has 3 heterocycles. The van der Waals surface area contributed by atoms with Crippen LogP contribution in [-0.2, 0) is 38.0 Å². The molecule has 3 aliphatic heterocycles. The molecule has 26 atom stereocenters. The van der Waals surface area contributed by atoms with Crippen LogP contribution in [0.4, 0.5) is 0 Å². The molecule has 7 fully saturated rings. The monoisotopic (exact) mass is 915 g/mol. The minimum atomic E-state index is -1.67. The fourth-order valence-corrected chi connectivity index (χ4v) is 13.6. The first-order valence-electron chi connectivity index (χ1n) is 23.9. The van der Waals surface area contributed by atoms with Crippen LogP contribution in [0.2, 0.25) is 0 Å². The minimum Gasteiger partial charge on any atom is -0.459 e. The summed E-state index contributed by atoms with van der Waals surface area (Å²) in [6.07, 6.45) is -11.3. The summed E-state index contributed by atoms with van der Waals surface area (Å²) in [6.45, 7) is 15.1. The second-order valence-corrected chi connectivity index (χ2v) is 21.4. The Kier molecular flexibility index (Phi) is 15.7. The van der Waals surface area contributed by atoms with Gasteiger partial charge in [0.25, 0.3) is 0 Å². The van der Waals surface area contributed by atoms with E-state index in [9.17, 15) is 50.8 Å². The van der Waals surface area contributed by atoms with E-state index in [0.29, 0.717) is 18.8 Å². The number of fused-ring (bicyclic) bond motifs is 5. The molecule has 17 heteroatoms. The van der Waals surface area contributed by atoms with Crippen molar-refractivity contribution < 1.29 is 83.9 Å². The molecule has 4 aliphatic carbocycles. The maximum atomic E-state index is 13.0. The predicted molar refractivity (Wildman–Crippen MR) is 226 cm³/mol. The van der Waals surface area contributed by atoms with Crippen LogP contribution < -0.4 is 0 Å². The van der Waals surface area contributed by atoms with Crippen molar-refractivity contribution in [1.82, 2.24) is 0 Å². The van der Waals surface area contributed by atoms with Crippen molar-refractivity contribution in [1.29, 1.82) is 0 Å². The zero-order valence-electron chi connectivity index (χ0n) is 38.7. The smallest absolute Gasteiger partial charge is 0.303 e. The molecule has 9 N–H and O–H groups in total. The third-order valence-electron chi connectivity index (χ3n) is 17.0. The van der Waals surface area contributed by atoms with E-state index in [1.165, 1.54) is 13.8 Å². The van der Waals surface area contributed by atoms with Gasteiger partial charge in [0.15, 0.2) is 18.9 Å². The summed E-state index contributed by atoms with van der Waals surface area (Å²) in [5.74, 6) is 0.414. The van der Waals surface area contributed by atoms with Gasteiger partial charge >= 0.3 is 5.97 Å². The molecule has 17 nitrogen and oxygen atoms in total. The normalized spacial score (nSPS) is 52.5. The first kappa shape index (κ1) is 50.5. The van der Waals surface area contributed by atoms with Crippen molar-refractivity contribution in [3.63, 3.8) is 0 Å². The van der Waals surface area contributed by atoms with Crippen LogP contribution in [0.3, 0.4) is 0 Å². The first-order valence-corrected chi connectivity index (χ1v) is 23.9. The number of carbonyl (C=O) groups is 1. The Morgan fingerprint density at radius 1 is 0.688 bits per heavy atom. The fraction of sp³-hybridized carbons (Fsp3) is 0.936. The van der Waals surface area contributed by atoms with Crippen molar-refractivity contribution >= 4 is 5.97 Å². The van der Waals surface area contributed by atoms with Crippen LogP contribution in [0.15, 0.2) is 12.2 Å². The molecule has 7 rings (SSSR count). The highest BCUT2D eigenvalue weighted by molar-refractivity contribution is 5.66. The molecule has 0 aromatic rings. The Bertz CT molecular complexity index is 1600. The van der Waals surface area contributed by atoms with E-state index in [4.69, 9.17) is 33.2 Å². The average molecular weight is 915 g/mol. The summed E-state index contributed by atoms with van der Waals surface area (Å²) in [6, 6.07) is 0. The number of carbonyl (C=O) groups excluding carboxylic acids is 1. The Labute approximate surface area is 377 Å². The van der Waals surface area contributed by atoms with Gasteiger partial charge in [-0.15, -0.1) is 0 Å². The molecule has 368 valence electrons. The van der Waals surface area contributed by atoms with Crippen molar-refractivity contribution in [2.24, 2.45) is 52.3 Å². The average Bonchev–Trinajstić information content (AvgIpc) is 3.48. The standard InChI is InChI=1S/C47H78O17/c1-20(2)10-9-11-21(3)30-40(60-24(6)49)41(63-43-38(56)35(53)32(50)22(4)58-43)31-27-13-12-25-18-26(14-16-46(25,7)28(27)15-17-47(30,31)8)61-45-42(37(55)34(52)29(19-48)62-45)64-44-39(57)36(54)33(51)23(5)59-44/h9,11,20-23,25-45,48,50-57H,10,12-19H2,1-8H3/b11-9+/t21-,22+,23+,25+,26+,27-,28+,29+,30+,31-,32+,33+,34+,35-,36-,37-,38-,39-,40-,41+,42+,43+,44+,45+,46+,47-/m1/s1. The lowest BCUT2D eigenvalue weighted by atomic mass is 9.44. The summed E-state index contributed by atoms with van der Waals surface area (Å²) in [4.78, 5) is 13.0. The second-order valence-electron chi connectivity index (χ2n) is 21.4. The van der Waals surface area contributed by atoms with E-state index in [1.54, 1.807) is 6.92 Å². The number of hydrogen-bond donors (Lipinski definition) is 9. The molecule has 0 radical (unpaired) electrons. The van der Waals surface area contributed by atoms with E-state index in [2.05, 4.69) is 46.8 Å². The fourth-order valence-electron chi connectivity index (χ4n) is 13.6. The number of ether oxygens (including phenoxy) is 7. The van der Waals surface area contributed by atoms with Crippen LogP contribution in [0.1, 0.15) is 107 Å². The van der Waals surface area contributed by atoms with E-state index < -0.39 is 117 Å². The van der Waals surface area contributed by atoms with Gasteiger partial charge in [0.1, 0.15) is 73.2 Å². The van der Waals surface area contributed by atoms with Crippen molar-refractivity contribution in [2.45, 2.75) is 217 Å². The number of rotatable bonds is 12. The Hall–Kier alpha value is -1.39. The van der Waals surface area contributed by atoms with Gasteiger partial charge in [0, 0.05) is 12.8 Å². The third-order valence-corrected chi connectivity index (χ3v) is 17.0.